The Morgan fingerprint density at radius 1 is 0.950 bits per heavy atom. The van der Waals surface area contributed by atoms with Crippen molar-refractivity contribution in [3.8, 4) is 11.5 Å². The lowest BCUT2D eigenvalue weighted by molar-refractivity contribution is -0.274. The Labute approximate surface area is 113 Å². The topological polar surface area (TPSA) is 44.5 Å². The van der Waals surface area contributed by atoms with Crippen LogP contribution in [0.25, 0.3) is 0 Å². The third-order valence-electron chi connectivity index (χ3n) is 2.40. The molecule has 0 saturated heterocycles. The number of hydrogen-bond donors (Lipinski definition) is 1. The van der Waals surface area contributed by atoms with E-state index in [0.29, 0.717) is 17.0 Å². The summed E-state index contributed by atoms with van der Waals surface area (Å²) in [6, 6.07) is 12.4. The van der Waals surface area contributed by atoms with E-state index >= 15 is 0 Å². The van der Waals surface area contributed by atoms with Gasteiger partial charge >= 0.3 is 6.36 Å². The van der Waals surface area contributed by atoms with Gasteiger partial charge in [-0.1, -0.05) is 18.2 Å². The van der Waals surface area contributed by atoms with Gasteiger partial charge in [-0.25, -0.2) is 0 Å². The van der Waals surface area contributed by atoms with Crippen LogP contribution in [0.15, 0.2) is 48.5 Å². The number of alkyl halides is 3. The Morgan fingerprint density at radius 3 is 2.35 bits per heavy atom. The lowest BCUT2D eigenvalue weighted by Gasteiger charge is -2.11. The average Bonchev–Trinajstić information content (AvgIpc) is 2.35. The Kier molecular flexibility index (Phi) is 4.02. The summed E-state index contributed by atoms with van der Waals surface area (Å²) in [6.45, 7) is 0.124. The van der Waals surface area contributed by atoms with Crippen LogP contribution in [0.5, 0.6) is 11.5 Å². The van der Waals surface area contributed by atoms with Gasteiger partial charge in [0.05, 0.1) is 0 Å². The molecule has 2 aromatic rings. The number of ether oxygens (including phenoxy) is 2. The summed E-state index contributed by atoms with van der Waals surface area (Å²) in [6.07, 6.45) is -4.70. The van der Waals surface area contributed by atoms with Crippen molar-refractivity contribution in [3.63, 3.8) is 0 Å². The summed E-state index contributed by atoms with van der Waals surface area (Å²) in [5.74, 6) is 0.276. The fraction of sp³-hybridized carbons (Fsp3) is 0.143. The van der Waals surface area contributed by atoms with E-state index in [1.54, 1.807) is 30.3 Å². The van der Waals surface area contributed by atoms with Crippen LogP contribution in [0, 0.1) is 0 Å². The van der Waals surface area contributed by atoms with E-state index in [-0.39, 0.29) is 12.4 Å². The maximum Gasteiger partial charge on any atom is 0.573 e. The first-order chi connectivity index (χ1) is 9.42. The Balaban J connectivity index is 2.01. The fourth-order valence-electron chi connectivity index (χ4n) is 1.60. The van der Waals surface area contributed by atoms with Gasteiger partial charge in [0.1, 0.15) is 18.1 Å². The molecule has 0 atom stereocenters. The van der Waals surface area contributed by atoms with E-state index < -0.39 is 6.36 Å². The number of halogens is 3. The van der Waals surface area contributed by atoms with E-state index in [1.165, 1.54) is 18.2 Å². The number of benzene rings is 2. The van der Waals surface area contributed by atoms with Crippen molar-refractivity contribution in [1.29, 1.82) is 0 Å². The van der Waals surface area contributed by atoms with Gasteiger partial charge in [-0.2, -0.15) is 0 Å². The monoisotopic (exact) mass is 283 g/mol. The molecule has 0 heterocycles. The van der Waals surface area contributed by atoms with Crippen molar-refractivity contribution in [1.82, 2.24) is 0 Å². The van der Waals surface area contributed by atoms with Crippen molar-refractivity contribution in [2.24, 2.45) is 0 Å². The highest BCUT2D eigenvalue weighted by Gasteiger charge is 2.31. The summed E-state index contributed by atoms with van der Waals surface area (Å²) in [7, 11) is 0. The van der Waals surface area contributed by atoms with Crippen LogP contribution in [0.2, 0.25) is 0 Å². The summed E-state index contributed by atoms with van der Waals surface area (Å²) < 4.78 is 45.6. The Hall–Kier alpha value is -2.37. The number of nitrogens with two attached hydrogens (primary N) is 1. The van der Waals surface area contributed by atoms with E-state index in [0.717, 1.165) is 0 Å². The van der Waals surface area contributed by atoms with Gasteiger partial charge in [0.2, 0.25) is 0 Å². The zero-order valence-corrected chi connectivity index (χ0v) is 10.4. The summed E-state index contributed by atoms with van der Waals surface area (Å²) in [5, 5.41) is 0. The minimum atomic E-state index is -4.70. The van der Waals surface area contributed by atoms with Crippen LogP contribution in [-0.4, -0.2) is 6.36 Å². The summed E-state index contributed by atoms with van der Waals surface area (Å²) in [4.78, 5) is 0. The molecule has 3 nitrogen and oxygen atoms in total. The van der Waals surface area contributed by atoms with Crippen LogP contribution >= 0.6 is 0 Å². The first kappa shape index (κ1) is 14.0. The highest BCUT2D eigenvalue weighted by molar-refractivity contribution is 5.43. The second-order valence-corrected chi connectivity index (χ2v) is 4.06. The molecule has 6 heteroatoms. The van der Waals surface area contributed by atoms with Crippen LogP contribution < -0.4 is 15.2 Å². The van der Waals surface area contributed by atoms with Gasteiger partial charge in [-0.15, -0.1) is 13.2 Å². The normalized spacial score (nSPS) is 11.2. The molecule has 0 aliphatic rings. The molecular weight excluding hydrogens is 271 g/mol. The molecule has 0 aliphatic heterocycles. The molecule has 0 aliphatic carbocycles. The molecule has 0 aromatic heterocycles. The molecular formula is C14H12F3NO2. The van der Waals surface area contributed by atoms with Crippen molar-refractivity contribution < 1.29 is 22.6 Å². The molecule has 0 saturated carbocycles. The summed E-state index contributed by atoms with van der Waals surface area (Å²) >= 11 is 0. The third-order valence-corrected chi connectivity index (χ3v) is 2.40. The number of nitrogen functional groups attached to an aromatic ring is 1. The van der Waals surface area contributed by atoms with Crippen LogP contribution in [0.1, 0.15) is 5.56 Å². The molecule has 106 valence electrons. The van der Waals surface area contributed by atoms with Crippen LogP contribution in [0.4, 0.5) is 18.9 Å². The Morgan fingerprint density at radius 2 is 1.65 bits per heavy atom. The standard InChI is InChI=1S/C14H12F3NO2/c15-14(16,17)20-13-6-1-3-10(7-13)9-19-12-5-2-4-11(18)8-12/h1-8H,9,18H2. The minimum absolute atomic E-state index is 0.124. The van der Waals surface area contributed by atoms with Crippen LogP contribution in [-0.2, 0) is 6.61 Å². The second-order valence-electron chi connectivity index (χ2n) is 4.06. The predicted molar refractivity (Wildman–Crippen MR) is 68.3 cm³/mol. The Bertz CT molecular complexity index is 585. The summed E-state index contributed by atoms with van der Waals surface area (Å²) in [5.41, 5.74) is 6.71. The molecule has 20 heavy (non-hydrogen) atoms. The van der Waals surface area contributed by atoms with Gasteiger partial charge < -0.3 is 15.2 Å². The maximum absolute atomic E-state index is 12.1. The van der Waals surface area contributed by atoms with Gasteiger partial charge in [0.25, 0.3) is 0 Å². The second kappa shape index (κ2) is 5.73. The van der Waals surface area contributed by atoms with E-state index in [9.17, 15) is 13.2 Å². The molecule has 0 fully saturated rings. The number of rotatable bonds is 4. The SMILES string of the molecule is Nc1cccc(OCc2cccc(OC(F)(F)F)c2)c1. The lowest BCUT2D eigenvalue weighted by atomic mass is 10.2. The van der Waals surface area contributed by atoms with Gasteiger partial charge in [-0.3, -0.25) is 0 Å². The molecule has 0 unspecified atom stereocenters. The van der Waals surface area contributed by atoms with Gasteiger partial charge in [0, 0.05) is 11.8 Å². The van der Waals surface area contributed by atoms with Gasteiger partial charge in [-0.05, 0) is 29.8 Å². The largest absolute Gasteiger partial charge is 0.573 e. The minimum Gasteiger partial charge on any atom is -0.489 e. The van der Waals surface area contributed by atoms with Crippen molar-refractivity contribution in [2.45, 2.75) is 13.0 Å². The average molecular weight is 283 g/mol. The predicted octanol–water partition coefficient (Wildman–Crippen LogP) is 3.75. The van der Waals surface area contributed by atoms with E-state index in [4.69, 9.17) is 10.5 Å². The number of anilines is 1. The lowest BCUT2D eigenvalue weighted by Crippen LogP contribution is -2.17. The molecule has 0 bridgehead atoms. The third kappa shape index (κ3) is 4.38. The highest BCUT2D eigenvalue weighted by Crippen LogP contribution is 2.24. The molecule has 2 N–H and O–H groups in total. The molecule has 2 rings (SSSR count). The molecule has 0 radical (unpaired) electrons. The first-order valence-electron chi connectivity index (χ1n) is 5.75. The molecule has 0 spiro atoms. The molecule has 0 amide bonds. The van der Waals surface area contributed by atoms with Crippen LogP contribution in [0.3, 0.4) is 0 Å². The zero-order valence-electron chi connectivity index (χ0n) is 10.4. The van der Waals surface area contributed by atoms with Crippen molar-refractivity contribution >= 4 is 5.69 Å². The van der Waals surface area contributed by atoms with Gasteiger partial charge in [0.15, 0.2) is 0 Å². The first-order valence-corrected chi connectivity index (χ1v) is 5.75. The smallest absolute Gasteiger partial charge is 0.489 e. The van der Waals surface area contributed by atoms with E-state index in [1.807, 2.05) is 0 Å². The zero-order chi connectivity index (χ0) is 14.6. The fourth-order valence-corrected chi connectivity index (χ4v) is 1.60. The number of hydrogen-bond acceptors (Lipinski definition) is 3. The quantitative estimate of drug-likeness (QED) is 0.869. The highest BCUT2D eigenvalue weighted by atomic mass is 19.4. The van der Waals surface area contributed by atoms with Crippen molar-refractivity contribution in [3.05, 3.63) is 54.1 Å². The molecule has 2 aromatic carbocycles. The van der Waals surface area contributed by atoms with Crippen molar-refractivity contribution in [2.75, 3.05) is 5.73 Å². The maximum atomic E-state index is 12.1. The van der Waals surface area contributed by atoms with E-state index in [2.05, 4.69) is 4.74 Å².